The van der Waals surface area contributed by atoms with Gasteiger partial charge < -0.3 is 15.4 Å². The molecule has 1 aromatic rings. The number of rotatable bonds is 2. The molecule has 1 aromatic carbocycles. The third-order valence-corrected chi connectivity index (χ3v) is 4.54. The Morgan fingerprint density at radius 1 is 1.35 bits per heavy atom. The van der Waals surface area contributed by atoms with Crippen LogP contribution in [0.2, 0.25) is 0 Å². The number of piperidine rings is 1. The molecule has 0 spiro atoms. The largest absolute Gasteiger partial charge is 0.372 e. The van der Waals surface area contributed by atoms with E-state index in [2.05, 4.69) is 6.92 Å². The average Bonchev–Trinajstić information content (AvgIpc) is 2.94. The van der Waals surface area contributed by atoms with Gasteiger partial charge in [0.05, 0.1) is 13.2 Å². The lowest BCUT2D eigenvalue weighted by atomic mass is 9.92. The number of likely N-dealkylation sites (tertiary alicyclic amines) is 1. The number of ether oxygens (including phenoxy) is 1. The molecule has 2 heterocycles. The average molecular weight is 274 g/mol. The maximum absolute atomic E-state index is 12.7. The predicted octanol–water partition coefficient (Wildman–Crippen LogP) is 1.92. The zero-order valence-corrected chi connectivity index (χ0v) is 12.0. The minimum absolute atomic E-state index is 0.130. The van der Waals surface area contributed by atoms with Gasteiger partial charge in [-0.3, -0.25) is 4.79 Å². The van der Waals surface area contributed by atoms with Crippen LogP contribution < -0.4 is 5.73 Å². The highest BCUT2D eigenvalue weighted by atomic mass is 16.5. The van der Waals surface area contributed by atoms with Gasteiger partial charge in [0.2, 0.25) is 0 Å². The van der Waals surface area contributed by atoms with Crippen molar-refractivity contribution in [3.63, 3.8) is 0 Å². The highest BCUT2D eigenvalue weighted by molar-refractivity contribution is 5.94. The Balaban J connectivity index is 1.80. The number of carbonyl (C=O) groups is 1. The number of hydrogen-bond donors (Lipinski definition) is 1. The van der Waals surface area contributed by atoms with E-state index in [1.54, 1.807) is 0 Å². The van der Waals surface area contributed by atoms with Gasteiger partial charge in [-0.15, -0.1) is 0 Å². The van der Waals surface area contributed by atoms with Gasteiger partial charge in [-0.25, -0.2) is 0 Å². The highest BCUT2D eigenvalue weighted by Gasteiger charge is 2.29. The molecule has 1 fully saturated rings. The first-order valence-electron chi connectivity index (χ1n) is 7.39. The SMILES string of the molecule is CC1CCC(CN)CN1C(=O)c1ccc2c(c1)COC2. The minimum atomic E-state index is 0.130. The van der Waals surface area contributed by atoms with Crippen molar-refractivity contribution in [1.29, 1.82) is 0 Å². The summed E-state index contributed by atoms with van der Waals surface area (Å²) in [6.07, 6.45) is 2.17. The van der Waals surface area contributed by atoms with E-state index in [-0.39, 0.29) is 5.91 Å². The van der Waals surface area contributed by atoms with Gasteiger partial charge in [-0.05, 0) is 55.5 Å². The molecule has 2 atom stereocenters. The molecule has 2 aliphatic rings. The van der Waals surface area contributed by atoms with Crippen LogP contribution in [0.1, 0.15) is 41.3 Å². The summed E-state index contributed by atoms with van der Waals surface area (Å²) in [6.45, 7) is 4.86. The summed E-state index contributed by atoms with van der Waals surface area (Å²) in [6, 6.07) is 6.23. The normalized spacial score (nSPS) is 25.6. The molecular formula is C16H22N2O2. The lowest BCUT2D eigenvalue weighted by molar-refractivity contribution is 0.0566. The van der Waals surface area contributed by atoms with Crippen molar-refractivity contribution < 1.29 is 9.53 Å². The Morgan fingerprint density at radius 3 is 2.95 bits per heavy atom. The monoisotopic (exact) mass is 274 g/mol. The summed E-state index contributed by atoms with van der Waals surface area (Å²) in [5, 5.41) is 0. The van der Waals surface area contributed by atoms with Gasteiger partial charge in [0.25, 0.3) is 5.91 Å². The number of benzene rings is 1. The van der Waals surface area contributed by atoms with Crippen molar-refractivity contribution in [1.82, 2.24) is 4.90 Å². The van der Waals surface area contributed by atoms with Crippen LogP contribution in [0.3, 0.4) is 0 Å². The van der Waals surface area contributed by atoms with Crippen molar-refractivity contribution in [2.45, 2.75) is 39.0 Å². The summed E-state index contributed by atoms with van der Waals surface area (Å²) < 4.78 is 5.41. The first kappa shape index (κ1) is 13.6. The minimum Gasteiger partial charge on any atom is -0.372 e. The van der Waals surface area contributed by atoms with Gasteiger partial charge in [0, 0.05) is 18.2 Å². The van der Waals surface area contributed by atoms with Crippen molar-refractivity contribution in [3.8, 4) is 0 Å². The number of nitrogens with zero attached hydrogens (tertiary/aromatic N) is 1. The van der Waals surface area contributed by atoms with Gasteiger partial charge >= 0.3 is 0 Å². The number of amides is 1. The molecule has 4 heteroatoms. The third kappa shape index (κ3) is 2.45. The Bertz CT molecular complexity index is 515. The third-order valence-electron chi connectivity index (χ3n) is 4.54. The lowest BCUT2D eigenvalue weighted by Gasteiger charge is -2.37. The maximum Gasteiger partial charge on any atom is 0.254 e. The molecule has 20 heavy (non-hydrogen) atoms. The van der Waals surface area contributed by atoms with Crippen LogP contribution in [-0.2, 0) is 18.0 Å². The topological polar surface area (TPSA) is 55.6 Å². The predicted molar refractivity (Wildman–Crippen MR) is 77.2 cm³/mol. The van der Waals surface area contributed by atoms with E-state index in [4.69, 9.17) is 10.5 Å². The van der Waals surface area contributed by atoms with Crippen LogP contribution in [-0.4, -0.2) is 29.9 Å². The molecule has 3 rings (SSSR count). The Kier molecular flexibility index (Phi) is 3.76. The second-order valence-corrected chi connectivity index (χ2v) is 5.96. The van der Waals surface area contributed by atoms with E-state index in [9.17, 15) is 4.79 Å². The molecule has 2 unspecified atom stereocenters. The second kappa shape index (κ2) is 5.54. The van der Waals surface area contributed by atoms with E-state index in [1.807, 2.05) is 23.1 Å². The molecule has 1 amide bonds. The van der Waals surface area contributed by atoms with E-state index in [1.165, 1.54) is 5.56 Å². The molecule has 0 aliphatic carbocycles. The van der Waals surface area contributed by atoms with E-state index >= 15 is 0 Å². The van der Waals surface area contributed by atoms with Gasteiger partial charge in [-0.1, -0.05) is 6.07 Å². The summed E-state index contributed by atoms with van der Waals surface area (Å²) in [4.78, 5) is 14.7. The first-order valence-corrected chi connectivity index (χ1v) is 7.39. The smallest absolute Gasteiger partial charge is 0.254 e. The van der Waals surface area contributed by atoms with E-state index in [0.717, 1.165) is 30.5 Å². The number of fused-ring (bicyclic) bond motifs is 1. The highest BCUT2D eigenvalue weighted by Crippen LogP contribution is 2.25. The number of carbonyl (C=O) groups excluding carboxylic acids is 1. The van der Waals surface area contributed by atoms with Gasteiger partial charge in [0.1, 0.15) is 0 Å². The summed E-state index contributed by atoms with van der Waals surface area (Å²) in [5.41, 5.74) is 8.90. The second-order valence-electron chi connectivity index (χ2n) is 5.96. The fraction of sp³-hybridized carbons (Fsp3) is 0.562. The van der Waals surface area contributed by atoms with Crippen molar-refractivity contribution in [2.75, 3.05) is 13.1 Å². The summed E-state index contributed by atoms with van der Waals surface area (Å²) in [7, 11) is 0. The van der Waals surface area contributed by atoms with Gasteiger partial charge in [-0.2, -0.15) is 0 Å². The van der Waals surface area contributed by atoms with Crippen LogP contribution in [0.4, 0.5) is 0 Å². The number of hydrogen-bond acceptors (Lipinski definition) is 3. The molecule has 4 nitrogen and oxygen atoms in total. The van der Waals surface area contributed by atoms with E-state index in [0.29, 0.717) is 31.7 Å². The number of nitrogens with two attached hydrogens (primary N) is 1. The van der Waals surface area contributed by atoms with Crippen molar-refractivity contribution in [2.24, 2.45) is 11.7 Å². The van der Waals surface area contributed by atoms with Crippen LogP contribution >= 0.6 is 0 Å². The van der Waals surface area contributed by atoms with Gasteiger partial charge in [0.15, 0.2) is 0 Å². The molecule has 2 aliphatic heterocycles. The molecule has 0 bridgehead atoms. The van der Waals surface area contributed by atoms with Crippen LogP contribution in [0, 0.1) is 5.92 Å². The first-order chi connectivity index (χ1) is 9.69. The zero-order valence-electron chi connectivity index (χ0n) is 12.0. The summed E-state index contributed by atoms with van der Waals surface area (Å²) in [5.74, 6) is 0.568. The van der Waals surface area contributed by atoms with E-state index < -0.39 is 0 Å². The molecular weight excluding hydrogens is 252 g/mol. The molecule has 1 saturated heterocycles. The molecule has 0 saturated carbocycles. The fourth-order valence-corrected chi connectivity index (χ4v) is 3.13. The molecule has 0 aromatic heterocycles. The molecule has 0 radical (unpaired) electrons. The van der Waals surface area contributed by atoms with Crippen molar-refractivity contribution in [3.05, 3.63) is 34.9 Å². The van der Waals surface area contributed by atoms with Crippen LogP contribution in [0.15, 0.2) is 18.2 Å². The van der Waals surface area contributed by atoms with Crippen LogP contribution in [0.25, 0.3) is 0 Å². The lowest BCUT2D eigenvalue weighted by Crippen LogP contribution is -2.47. The van der Waals surface area contributed by atoms with Crippen molar-refractivity contribution >= 4 is 5.91 Å². The Hall–Kier alpha value is -1.39. The van der Waals surface area contributed by atoms with Crippen LogP contribution in [0.5, 0.6) is 0 Å². The molecule has 108 valence electrons. The fourth-order valence-electron chi connectivity index (χ4n) is 3.13. The summed E-state index contributed by atoms with van der Waals surface area (Å²) >= 11 is 0. The zero-order chi connectivity index (χ0) is 14.1. The standard InChI is InChI=1S/C16H22N2O2/c1-11-2-3-12(7-17)8-18(11)16(19)13-4-5-14-9-20-10-15(14)6-13/h4-6,11-12H,2-3,7-10,17H2,1H3. The Morgan fingerprint density at radius 2 is 2.15 bits per heavy atom. The maximum atomic E-state index is 12.7. The molecule has 2 N–H and O–H groups in total. The quantitative estimate of drug-likeness (QED) is 0.896. The Labute approximate surface area is 119 Å².